The summed E-state index contributed by atoms with van der Waals surface area (Å²) in [6.07, 6.45) is 2.25. The van der Waals surface area contributed by atoms with Crippen LogP contribution < -0.4 is 0 Å². The minimum absolute atomic E-state index is 0.0389. The van der Waals surface area contributed by atoms with Crippen LogP contribution in [0.3, 0.4) is 0 Å². The number of carbonyl (C=O) groups is 1. The molecule has 0 saturated carbocycles. The molecule has 0 aliphatic carbocycles. The first-order chi connectivity index (χ1) is 10.2. The number of benzene rings is 1. The summed E-state index contributed by atoms with van der Waals surface area (Å²) in [5.41, 5.74) is 1.31. The van der Waals surface area contributed by atoms with Crippen molar-refractivity contribution in [1.82, 2.24) is 19.7 Å². The number of nitrogens with zero attached hydrogens (tertiary/aromatic N) is 4. The molecule has 0 radical (unpaired) electrons. The van der Waals surface area contributed by atoms with E-state index in [1.54, 1.807) is 41.5 Å². The first kappa shape index (κ1) is 13.7. The number of hydrogen-bond acceptors (Lipinski definition) is 4. The molecule has 6 nitrogen and oxygen atoms in total. The standard InChI is InChI=1S/C14H15FN4O2/c15-11-5-13(7-20)19(6-11)14(21)10-1-3-12(4-2-10)18-8-16-17-9-18/h1-4,8-9,11,13,20H,5-7H2/t11-,13-/m0/s1. The van der Waals surface area contributed by atoms with E-state index in [2.05, 4.69) is 10.2 Å². The maximum Gasteiger partial charge on any atom is 0.254 e. The zero-order valence-electron chi connectivity index (χ0n) is 11.3. The number of aliphatic hydroxyl groups is 1. The van der Waals surface area contributed by atoms with Gasteiger partial charge in [-0.25, -0.2) is 4.39 Å². The first-order valence-corrected chi connectivity index (χ1v) is 6.70. The predicted molar refractivity (Wildman–Crippen MR) is 72.8 cm³/mol. The number of aliphatic hydroxyl groups excluding tert-OH is 1. The van der Waals surface area contributed by atoms with E-state index in [0.29, 0.717) is 5.56 Å². The lowest BCUT2D eigenvalue weighted by Gasteiger charge is -2.22. The van der Waals surface area contributed by atoms with Crippen molar-refractivity contribution >= 4 is 5.91 Å². The van der Waals surface area contributed by atoms with E-state index in [4.69, 9.17) is 0 Å². The van der Waals surface area contributed by atoms with Crippen molar-refractivity contribution in [3.63, 3.8) is 0 Å². The van der Waals surface area contributed by atoms with Gasteiger partial charge in [-0.15, -0.1) is 10.2 Å². The normalized spacial score (nSPS) is 21.7. The Bertz CT molecular complexity index is 614. The van der Waals surface area contributed by atoms with Gasteiger partial charge in [0.1, 0.15) is 18.8 Å². The largest absolute Gasteiger partial charge is 0.394 e. The molecule has 1 fully saturated rings. The van der Waals surface area contributed by atoms with Gasteiger partial charge in [-0.2, -0.15) is 0 Å². The van der Waals surface area contributed by atoms with E-state index in [9.17, 15) is 14.3 Å². The lowest BCUT2D eigenvalue weighted by Crippen LogP contribution is -2.37. The Hall–Kier alpha value is -2.28. The molecule has 1 saturated heterocycles. The smallest absolute Gasteiger partial charge is 0.254 e. The predicted octanol–water partition coefficient (Wildman–Crippen LogP) is 0.812. The molecule has 0 spiro atoms. The van der Waals surface area contributed by atoms with Crippen LogP contribution in [0.4, 0.5) is 4.39 Å². The monoisotopic (exact) mass is 290 g/mol. The summed E-state index contributed by atoms with van der Waals surface area (Å²) in [6, 6.07) is 6.46. The highest BCUT2D eigenvalue weighted by Gasteiger charge is 2.35. The number of amides is 1. The molecule has 3 rings (SSSR count). The molecule has 1 aromatic heterocycles. The number of likely N-dealkylation sites (tertiary alicyclic amines) is 1. The van der Waals surface area contributed by atoms with Crippen molar-refractivity contribution in [2.75, 3.05) is 13.2 Å². The Morgan fingerprint density at radius 3 is 2.57 bits per heavy atom. The van der Waals surface area contributed by atoms with Gasteiger partial charge in [0, 0.05) is 17.7 Å². The maximum absolute atomic E-state index is 13.4. The second-order valence-corrected chi connectivity index (χ2v) is 5.04. The van der Waals surface area contributed by atoms with Gasteiger partial charge in [0.2, 0.25) is 0 Å². The molecule has 21 heavy (non-hydrogen) atoms. The number of carbonyl (C=O) groups excluding carboxylic acids is 1. The number of halogens is 1. The molecular formula is C14H15FN4O2. The van der Waals surface area contributed by atoms with Gasteiger partial charge in [0.25, 0.3) is 5.91 Å². The van der Waals surface area contributed by atoms with Crippen LogP contribution in [0.15, 0.2) is 36.9 Å². The fourth-order valence-electron chi connectivity index (χ4n) is 2.56. The molecule has 2 aromatic rings. The van der Waals surface area contributed by atoms with E-state index in [1.165, 1.54) is 4.90 Å². The molecule has 1 N–H and O–H groups in total. The summed E-state index contributed by atoms with van der Waals surface area (Å²) in [5, 5.41) is 16.7. The third kappa shape index (κ3) is 2.64. The van der Waals surface area contributed by atoms with E-state index in [1.807, 2.05) is 0 Å². The minimum atomic E-state index is -1.07. The number of alkyl halides is 1. The Morgan fingerprint density at radius 2 is 1.95 bits per heavy atom. The Morgan fingerprint density at radius 1 is 1.29 bits per heavy atom. The van der Waals surface area contributed by atoms with Crippen LogP contribution in [0, 0.1) is 0 Å². The highest BCUT2D eigenvalue weighted by atomic mass is 19.1. The third-order valence-corrected chi connectivity index (χ3v) is 3.67. The highest BCUT2D eigenvalue weighted by Crippen LogP contribution is 2.22. The van der Waals surface area contributed by atoms with Crippen molar-refractivity contribution in [3.05, 3.63) is 42.5 Å². The van der Waals surface area contributed by atoms with Gasteiger partial charge < -0.3 is 10.0 Å². The SMILES string of the molecule is O=C(c1ccc(-n2cnnc2)cc1)N1C[C@@H](F)C[C@H]1CO. The minimum Gasteiger partial charge on any atom is -0.394 e. The molecule has 0 bridgehead atoms. The highest BCUT2D eigenvalue weighted by molar-refractivity contribution is 5.94. The average Bonchev–Trinajstić information content (AvgIpc) is 3.16. The van der Waals surface area contributed by atoms with Gasteiger partial charge in [-0.05, 0) is 24.3 Å². The molecule has 110 valence electrons. The van der Waals surface area contributed by atoms with E-state index >= 15 is 0 Å². The summed E-state index contributed by atoms with van der Waals surface area (Å²) in [7, 11) is 0. The zero-order chi connectivity index (χ0) is 14.8. The van der Waals surface area contributed by atoms with E-state index in [0.717, 1.165) is 5.69 Å². The van der Waals surface area contributed by atoms with Crippen molar-refractivity contribution in [3.8, 4) is 5.69 Å². The van der Waals surface area contributed by atoms with Gasteiger partial charge in [0.15, 0.2) is 0 Å². The molecule has 1 amide bonds. The Kier molecular flexibility index (Phi) is 3.66. The van der Waals surface area contributed by atoms with Crippen LogP contribution in [0.25, 0.3) is 5.69 Å². The van der Waals surface area contributed by atoms with Crippen molar-refractivity contribution in [2.24, 2.45) is 0 Å². The summed E-state index contributed by atoms with van der Waals surface area (Å²) in [6.45, 7) is -0.178. The average molecular weight is 290 g/mol. The fourth-order valence-corrected chi connectivity index (χ4v) is 2.56. The van der Waals surface area contributed by atoms with Gasteiger partial charge >= 0.3 is 0 Å². The molecule has 1 aliphatic heterocycles. The Labute approximate surface area is 120 Å². The quantitative estimate of drug-likeness (QED) is 0.908. The molecule has 2 heterocycles. The van der Waals surface area contributed by atoms with E-state index in [-0.39, 0.29) is 25.5 Å². The molecule has 7 heteroatoms. The zero-order valence-corrected chi connectivity index (χ0v) is 11.3. The van der Waals surface area contributed by atoms with Crippen LogP contribution >= 0.6 is 0 Å². The number of hydrogen-bond donors (Lipinski definition) is 1. The van der Waals surface area contributed by atoms with Crippen LogP contribution in [0.2, 0.25) is 0 Å². The van der Waals surface area contributed by atoms with Crippen molar-refractivity contribution in [2.45, 2.75) is 18.6 Å². The lowest BCUT2D eigenvalue weighted by molar-refractivity contribution is 0.0673. The summed E-state index contributed by atoms with van der Waals surface area (Å²) < 4.78 is 15.1. The van der Waals surface area contributed by atoms with Gasteiger partial charge in [-0.1, -0.05) is 0 Å². The third-order valence-electron chi connectivity index (χ3n) is 3.67. The fraction of sp³-hybridized carbons (Fsp3) is 0.357. The van der Waals surface area contributed by atoms with E-state index < -0.39 is 12.2 Å². The lowest BCUT2D eigenvalue weighted by atomic mass is 10.1. The van der Waals surface area contributed by atoms with Crippen LogP contribution in [-0.4, -0.2) is 56.0 Å². The van der Waals surface area contributed by atoms with Crippen LogP contribution in [0.1, 0.15) is 16.8 Å². The summed E-state index contributed by atoms with van der Waals surface area (Å²) in [5.74, 6) is -0.260. The number of aromatic nitrogens is 3. The van der Waals surface area contributed by atoms with Gasteiger partial charge in [-0.3, -0.25) is 9.36 Å². The first-order valence-electron chi connectivity index (χ1n) is 6.70. The topological polar surface area (TPSA) is 71.2 Å². The molecule has 2 atom stereocenters. The molecule has 1 aliphatic rings. The van der Waals surface area contributed by atoms with Crippen molar-refractivity contribution in [1.29, 1.82) is 0 Å². The summed E-state index contributed by atoms with van der Waals surface area (Å²) in [4.78, 5) is 13.8. The Balaban J connectivity index is 1.79. The maximum atomic E-state index is 13.4. The van der Waals surface area contributed by atoms with Crippen molar-refractivity contribution < 1.29 is 14.3 Å². The summed E-state index contributed by atoms with van der Waals surface area (Å²) >= 11 is 0. The molecule has 1 aromatic carbocycles. The molecule has 0 unspecified atom stereocenters. The second kappa shape index (κ2) is 5.61. The number of rotatable bonds is 3. The molecular weight excluding hydrogens is 275 g/mol. The second-order valence-electron chi connectivity index (χ2n) is 5.04. The van der Waals surface area contributed by atoms with Crippen LogP contribution in [0.5, 0.6) is 0 Å². The van der Waals surface area contributed by atoms with Gasteiger partial charge in [0.05, 0.1) is 19.2 Å². The van der Waals surface area contributed by atoms with Crippen LogP contribution in [-0.2, 0) is 0 Å².